The minimum atomic E-state index is -3.24. The molecule has 1 aliphatic rings. The Morgan fingerprint density at radius 1 is 1.16 bits per heavy atom. The zero-order valence-corrected chi connectivity index (χ0v) is 16.3. The van der Waals surface area contributed by atoms with Crippen molar-refractivity contribution >= 4 is 44.5 Å². The summed E-state index contributed by atoms with van der Waals surface area (Å²) < 4.78 is 25.1. The molecule has 25 heavy (non-hydrogen) atoms. The van der Waals surface area contributed by atoms with E-state index in [2.05, 4.69) is 11.4 Å². The fraction of sp³-hybridized carbons (Fsp3) is 0.389. The zero-order valence-electron chi connectivity index (χ0n) is 13.8. The summed E-state index contributed by atoms with van der Waals surface area (Å²) in [5.41, 5.74) is 0.632. The van der Waals surface area contributed by atoms with Crippen LogP contribution in [-0.2, 0) is 20.4 Å². The highest BCUT2D eigenvalue weighted by atomic mass is 32.2. The smallest absolute Gasteiger partial charge is 0.234 e. The van der Waals surface area contributed by atoms with E-state index in [1.165, 1.54) is 4.88 Å². The zero-order chi connectivity index (χ0) is 17.7. The molecule has 0 bridgehead atoms. The van der Waals surface area contributed by atoms with Crippen molar-refractivity contribution < 1.29 is 13.2 Å². The summed E-state index contributed by atoms with van der Waals surface area (Å²) in [4.78, 5) is 13.6. The normalized spacial score (nSPS) is 15.4. The SMILES string of the molecule is O=C(CSCc1cccs1)Nc1ccc(S(=O)(=O)C2CCCC2)cc1. The number of thiophene rings is 1. The van der Waals surface area contributed by atoms with Crippen LogP contribution in [0.4, 0.5) is 5.69 Å². The van der Waals surface area contributed by atoms with Crippen LogP contribution in [0.2, 0.25) is 0 Å². The first kappa shape index (κ1) is 18.5. The van der Waals surface area contributed by atoms with Crippen LogP contribution in [0.1, 0.15) is 30.6 Å². The Morgan fingerprint density at radius 3 is 2.52 bits per heavy atom. The van der Waals surface area contributed by atoms with Gasteiger partial charge in [0, 0.05) is 16.3 Å². The molecule has 0 unspecified atom stereocenters. The highest BCUT2D eigenvalue weighted by Crippen LogP contribution is 2.30. The minimum absolute atomic E-state index is 0.0760. The van der Waals surface area contributed by atoms with E-state index in [4.69, 9.17) is 0 Å². The lowest BCUT2D eigenvalue weighted by atomic mass is 10.3. The maximum atomic E-state index is 12.5. The van der Waals surface area contributed by atoms with Gasteiger partial charge in [0.05, 0.1) is 15.9 Å². The maximum Gasteiger partial charge on any atom is 0.234 e. The van der Waals surface area contributed by atoms with Gasteiger partial charge in [-0.2, -0.15) is 0 Å². The standard InChI is InChI=1S/C18H21NO3S3/c20-18(13-23-12-15-4-3-11-24-15)19-14-7-9-17(10-8-14)25(21,22)16-5-1-2-6-16/h3-4,7-11,16H,1-2,5-6,12-13H2,(H,19,20). The van der Waals surface area contributed by atoms with Gasteiger partial charge in [-0.05, 0) is 48.6 Å². The van der Waals surface area contributed by atoms with Gasteiger partial charge in [-0.15, -0.1) is 23.1 Å². The lowest BCUT2D eigenvalue weighted by Gasteiger charge is -2.12. The van der Waals surface area contributed by atoms with Gasteiger partial charge in [0.2, 0.25) is 5.91 Å². The third kappa shape index (κ3) is 4.86. The molecule has 0 saturated heterocycles. The van der Waals surface area contributed by atoms with Crippen LogP contribution in [-0.4, -0.2) is 25.3 Å². The van der Waals surface area contributed by atoms with E-state index in [1.807, 2.05) is 11.4 Å². The first-order valence-electron chi connectivity index (χ1n) is 8.29. The Balaban J connectivity index is 1.52. The van der Waals surface area contributed by atoms with Gasteiger partial charge in [0.1, 0.15) is 0 Å². The van der Waals surface area contributed by atoms with Crippen molar-refractivity contribution in [1.29, 1.82) is 0 Å². The quantitative estimate of drug-likeness (QED) is 0.758. The molecule has 1 saturated carbocycles. The number of carbonyl (C=O) groups is 1. The topological polar surface area (TPSA) is 63.2 Å². The average Bonchev–Trinajstić information content (AvgIpc) is 3.29. The summed E-state index contributed by atoms with van der Waals surface area (Å²) >= 11 is 3.25. The third-order valence-corrected chi connectivity index (χ3v) is 8.58. The Hall–Kier alpha value is -1.31. The van der Waals surface area contributed by atoms with Crippen molar-refractivity contribution in [2.75, 3.05) is 11.1 Å². The summed E-state index contributed by atoms with van der Waals surface area (Å²) in [7, 11) is -3.24. The summed E-state index contributed by atoms with van der Waals surface area (Å²) in [5.74, 6) is 1.12. The van der Waals surface area contributed by atoms with Crippen molar-refractivity contribution in [3.63, 3.8) is 0 Å². The fourth-order valence-corrected chi connectivity index (χ4v) is 6.48. The van der Waals surface area contributed by atoms with Crippen LogP contribution < -0.4 is 5.32 Å². The number of sulfone groups is 1. The van der Waals surface area contributed by atoms with Gasteiger partial charge in [0.25, 0.3) is 0 Å². The van der Waals surface area contributed by atoms with E-state index in [1.54, 1.807) is 47.4 Å². The number of rotatable bonds is 7. The van der Waals surface area contributed by atoms with Gasteiger partial charge in [-0.3, -0.25) is 4.79 Å². The van der Waals surface area contributed by atoms with Crippen LogP contribution in [0.5, 0.6) is 0 Å². The molecule has 7 heteroatoms. The van der Waals surface area contributed by atoms with E-state index in [-0.39, 0.29) is 11.2 Å². The second kappa shape index (κ2) is 8.38. The lowest BCUT2D eigenvalue weighted by Crippen LogP contribution is -2.18. The summed E-state index contributed by atoms with van der Waals surface area (Å²) in [6.45, 7) is 0. The molecule has 1 amide bonds. The van der Waals surface area contributed by atoms with Crippen molar-refractivity contribution in [2.24, 2.45) is 0 Å². The van der Waals surface area contributed by atoms with Gasteiger partial charge >= 0.3 is 0 Å². The molecule has 1 N–H and O–H groups in total. The van der Waals surface area contributed by atoms with E-state index in [0.717, 1.165) is 31.4 Å². The summed E-state index contributed by atoms with van der Waals surface area (Å²) in [5, 5.41) is 4.60. The molecule has 1 heterocycles. The molecule has 4 nitrogen and oxygen atoms in total. The molecule has 134 valence electrons. The number of amides is 1. The predicted molar refractivity (Wildman–Crippen MR) is 105 cm³/mol. The highest BCUT2D eigenvalue weighted by molar-refractivity contribution is 7.99. The molecule has 2 aromatic rings. The molecule has 1 aliphatic carbocycles. The number of hydrogen-bond donors (Lipinski definition) is 1. The Labute approximate surface area is 157 Å². The van der Waals surface area contributed by atoms with Crippen molar-refractivity contribution in [1.82, 2.24) is 0 Å². The predicted octanol–water partition coefficient (Wildman–Crippen LogP) is 4.34. The van der Waals surface area contributed by atoms with Gasteiger partial charge in [-0.25, -0.2) is 8.42 Å². The van der Waals surface area contributed by atoms with Crippen LogP contribution in [0, 0.1) is 0 Å². The molecule has 0 radical (unpaired) electrons. The second-order valence-corrected chi connectivity index (χ2v) is 10.3. The van der Waals surface area contributed by atoms with Crippen molar-refractivity contribution in [3.8, 4) is 0 Å². The highest BCUT2D eigenvalue weighted by Gasteiger charge is 2.30. The Bertz CT molecular complexity index is 793. The molecule has 0 aliphatic heterocycles. The van der Waals surface area contributed by atoms with Crippen molar-refractivity contribution in [3.05, 3.63) is 46.7 Å². The number of nitrogens with one attached hydrogen (secondary N) is 1. The average molecular weight is 396 g/mol. The van der Waals surface area contributed by atoms with Crippen LogP contribution in [0.25, 0.3) is 0 Å². The first-order chi connectivity index (χ1) is 12.1. The number of thioether (sulfide) groups is 1. The summed E-state index contributed by atoms with van der Waals surface area (Å²) in [6.07, 6.45) is 3.48. The number of benzene rings is 1. The third-order valence-electron chi connectivity index (χ3n) is 4.27. The second-order valence-electron chi connectivity index (χ2n) is 6.10. The van der Waals surface area contributed by atoms with Crippen molar-refractivity contribution in [2.45, 2.75) is 41.6 Å². The van der Waals surface area contributed by atoms with Gasteiger partial charge in [0.15, 0.2) is 9.84 Å². The minimum Gasteiger partial charge on any atom is -0.325 e. The molecule has 1 aromatic heterocycles. The first-order valence-corrected chi connectivity index (χ1v) is 11.9. The largest absolute Gasteiger partial charge is 0.325 e. The van der Waals surface area contributed by atoms with Crippen LogP contribution in [0.3, 0.4) is 0 Å². The number of hydrogen-bond acceptors (Lipinski definition) is 5. The number of anilines is 1. The van der Waals surface area contributed by atoms with Crippen LogP contribution in [0.15, 0.2) is 46.7 Å². The molecule has 1 fully saturated rings. The molecular weight excluding hydrogens is 374 g/mol. The van der Waals surface area contributed by atoms with Crippen LogP contribution >= 0.6 is 23.1 Å². The molecule has 1 aromatic carbocycles. The monoisotopic (exact) mass is 395 g/mol. The fourth-order valence-electron chi connectivity index (χ4n) is 2.96. The lowest BCUT2D eigenvalue weighted by molar-refractivity contribution is -0.113. The molecular formula is C18H21NO3S3. The van der Waals surface area contributed by atoms with Gasteiger partial charge in [-0.1, -0.05) is 18.9 Å². The number of carbonyl (C=O) groups excluding carboxylic acids is 1. The van der Waals surface area contributed by atoms with Gasteiger partial charge < -0.3 is 5.32 Å². The van der Waals surface area contributed by atoms with E-state index >= 15 is 0 Å². The summed E-state index contributed by atoms with van der Waals surface area (Å²) in [6, 6.07) is 10.6. The Morgan fingerprint density at radius 2 is 1.88 bits per heavy atom. The Kier molecular flexibility index (Phi) is 6.19. The molecule has 0 spiro atoms. The molecule has 3 rings (SSSR count). The maximum absolute atomic E-state index is 12.5. The van der Waals surface area contributed by atoms with E-state index in [9.17, 15) is 13.2 Å². The van der Waals surface area contributed by atoms with E-state index in [0.29, 0.717) is 16.3 Å². The molecule has 0 atom stereocenters. The van der Waals surface area contributed by atoms with E-state index < -0.39 is 9.84 Å².